The molecule has 3 rings (SSSR count). The van der Waals surface area contributed by atoms with E-state index < -0.39 is 0 Å². The highest BCUT2D eigenvalue weighted by molar-refractivity contribution is 5.92. The van der Waals surface area contributed by atoms with Crippen LogP contribution in [0.2, 0.25) is 0 Å². The molecule has 0 unspecified atom stereocenters. The molecule has 0 atom stereocenters. The molecule has 1 amide bonds. The number of carbonyl (C=O) groups is 1. The van der Waals surface area contributed by atoms with Crippen molar-refractivity contribution in [1.29, 1.82) is 0 Å². The Labute approximate surface area is 153 Å². The molecule has 0 saturated heterocycles. The Bertz CT molecular complexity index is 777. The molecule has 0 aliphatic carbocycles. The number of aromatic nitrogens is 2. The van der Waals surface area contributed by atoms with Crippen molar-refractivity contribution < 1.29 is 14.3 Å². The topological polar surface area (TPSA) is 76.6 Å². The zero-order valence-corrected chi connectivity index (χ0v) is 15.4. The van der Waals surface area contributed by atoms with Crippen molar-refractivity contribution in [3.05, 3.63) is 41.3 Å². The van der Waals surface area contributed by atoms with Gasteiger partial charge >= 0.3 is 0 Å². The summed E-state index contributed by atoms with van der Waals surface area (Å²) in [6.07, 6.45) is 4.91. The van der Waals surface area contributed by atoms with E-state index in [1.807, 2.05) is 12.1 Å². The maximum atomic E-state index is 12.8. The lowest BCUT2D eigenvalue weighted by atomic mass is 9.98. The predicted octanol–water partition coefficient (Wildman–Crippen LogP) is 2.51. The minimum atomic E-state index is -0.111. The summed E-state index contributed by atoms with van der Waals surface area (Å²) in [7, 11) is 3.24. The van der Waals surface area contributed by atoms with Gasteiger partial charge in [0.1, 0.15) is 11.5 Å². The van der Waals surface area contributed by atoms with Gasteiger partial charge in [-0.3, -0.25) is 4.79 Å². The Morgan fingerprint density at radius 2 is 1.88 bits per heavy atom. The lowest BCUT2D eigenvalue weighted by Gasteiger charge is -2.29. The van der Waals surface area contributed by atoms with Crippen LogP contribution in [-0.2, 0) is 13.0 Å². The molecule has 2 heterocycles. The van der Waals surface area contributed by atoms with Crippen LogP contribution in [0.25, 0.3) is 0 Å². The third kappa shape index (κ3) is 3.71. The second-order valence-corrected chi connectivity index (χ2v) is 6.17. The molecule has 0 saturated carbocycles. The molecular weight excluding hydrogens is 332 g/mol. The van der Waals surface area contributed by atoms with E-state index in [4.69, 9.17) is 9.47 Å². The van der Waals surface area contributed by atoms with Crippen LogP contribution >= 0.6 is 0 Å². The standard InChI is InChI=1S/C19H24N4O3/c1-4-6-20-18-11-21-15(10-22-18)19(24)23-7-5-13-8-16(25-2)17(26-3)9-14(13)12-23/h8-11H,4-7,12H2,1-3H3,(H,20,22). The van der Waals surface area contributed by atoms with Crippen molar-refractivity contribution in [3.8, 4) is 11.5 Å². The number of nitrogens with one attached hydrogen (secondary N) is 1. The lowest BCUT2D eigenvalue weighted by Crippen LogP contribution is -2.36. The Morgan fingerprint density at radius 1 is 1.15 bits per heavy atom. The second-order valence-electron chi connectivity index (χ2n) is 6.17. The number of amides is 1. The molecule has 2 aromatic rings. The van der Waals surface area contributed by atoms with Gasteiger partial charge in [-0.05, 0) is 36.1 Å². The van der Waals surface area contributed by atoms with Crippen LogP contribution in [0.4, 0.5) is 5.82 Å². The van der Waals surface area contributed by atoms with E-state index in [1.165, 1.54) is 11.8 Å². The van der Waals surface area contributed by atoms with Gasteiger partial charge in [-0.1, -0.05) is 6.92 Å². The van der Waals surface area contributed by atoms with E-state index in [0.29, 0.717) is 36.1 Å². The molecule has 1 aliphatic rings. The number of rotatable bonds is 6. The third-order valence-electron chi connectivity index (χ3n) is 4.43. The molecule has 7 heteroatoms. The normalized spacial score (nSPS) is 13.1. The molecule has 1 aromatic heterocycles. The first kappa shape index (κ1) is 18.0. The molecule has 0 bridgehead atoms. The smallest absolute Gasteiger partial charge is 0.274 e. The Morgan fingerprint density at radius 3 is 2.50 bits per heavy atom. The molecule has 7 nitrogen and oxygen atoms in total. The van der Waals surface area contributed by atoms with Crippen LogP contribution in [0.15, 0.2) is 24.5 Å². The summed E-state index contributed by atoms with van der Waals surface area (Å²) in [4.78, 5) is 23.1. The number of fused-ring (bicyclic) bond motifs is 1. The number of nitrogens with zero attached hydrogens (tertiary/aromatic N) is 3. The average molecular weight is 356 g/mol. The van der Waals surface area contributed by atoms with Crippen LogP contribution in [0.3, 0.4) is 0 Å². The molecule has 0 radical (unpaired) electrons. The number of anilines is 1. The third-order valence-corrected chi connectivity index (χ3v) is 4.43. The van der Waals surface area contributed by atoms with Gasteiger partial charge in [-0.15, -0.1) is 0 Å². The first-order valence-corrected chi connectivity index (χ1v) is 8.75. The van der Waals surface area contributed by atoms with Crippen molar-refractivity contribution in [2.45, 2.75) is 26.3 Å². The number of ether oxygens (including phenoxy) is 2. The largest absolute Gasteiger partial charge is 0.493 e. The summed E-state index contributed by atoms with van der Waals surface area (Å²) < 4.78 is 10.7. The second kappa shape index (κ2) is 8.03. The lowest BCUT2D eigenvalue weighted by molar-refractivity contribution is 0.0728. The molecule has 0 spiro atoms. The van der Waals surface area contributed by atoms with Crippen LogP contribution in [-0.4, -0.2) is 48.1 Å². The number of carbonyl (C=O) groups excluding carboxylic acids is 1. The van der Waals surface area contributed by atoms with Crippen LogP contribution < -0.4 is 14.8 Å². The SMILES string of the molecule is CCCNc1cnc(C(=O)N2CCc3cc(OC)c(OC)cc3C2)cn1. The van der Waals surface area contributed by atoms with Gasteiger partial charge in [0.05, 0.1) is 26.6 Å². The molecule has 138 valence electrons. The summed E-state index contributed by atoms with van der Waals surface area (Å²) in [6.45, 7) is 4.07. The van der Waals surface area contributed by atoms with Crippen LogP contribution in [0, 0.1) is 0 Å². The van der Waals surface area contributed by atoms with E-state index >= 15 is 0 Å². The molecule has 1 N–H and O–H groups in total. The van der Waals surface area contributed by atoms with Crippen LogP contribution in [0.1, 0.15) is 35.0 Å². The summed E-state index contributed by atoms with van der Waals surface area (Å²) >= 11 is 0. The fourth-order valence-corrected chi connectivity index (χ4v) is 3.00. The molecule has 1 aromatic carbocycles. The molecular formula is C19H24N4O3. The number of hydrogen-bond donors (Lipinski definition) is 1. The van der Waals surface area contributed by atoms with Crippen molar-refractivity contribution >= 4 is 11.7 Å². The quantitative estimate of drug-likeness (QED) is 0.857. The first-order valence-electron chi connectivity index (χ1n) is 8.75. The Hall–Kier alpha value is -2.83. The first-order chi connectivity index (χ1) is 12.7. The number of benzene rings is 1. The Kier molecular flexibility index (Phi) is 5.55. The summed E-state index contributed by atoms with van der Waals surface area (Å²) in [5.41, 5.74) is 2.60. The van der Waals surface area contributed by atoms with Gasteiger partial charge in [0.15, 0.2) is 11.5 Å². The highest BCUT2D eigenvalue weighted by atomic mass is 16.5. The zero-order valence-electron chi connectivity index (χ0n) is 15.4. The van der Waals surface area contributed by atoms with E-state index in [1.54, 1.807) is 25.3 Å². The highest BCUT2D eigenvalue weighted by Gasteiger charge is 2.24. The van der Waals surface area contributed by atoms with Gasteiger partial charge in [0.25, 0.3) is 5.91 Å². The van der Waals surface area contributed by atoms with Crippen LogP contribution in [0.5, 0.6) is 11.5 Å². The number of hydrogen-bond acceptors (Lipinski definition) is 6. The minimum absolute atomic E-state index is 0.111. The van der Waals surface area contributed by atoms with E-state index in [9.17, 15) is 4.79 Å². The highest BCUT2D eigenvalue weighted by Crippen LogP contribution is 2.33. The van der Waals surface area contributed by atoms with E-state index in [0.717, 1.165) is 24.9 Å². The fourth-order valence-electron chi connectivity index (χ4n) is 3.00. The van der Waals surface area contributed by atoms with Crippen molar-refractivity contribution in [2.24, 2.45) is 0 Å². The monoisotopic (exact) mass is 356 g/mol. The van der Waals surface area contributed by atoms with E-state index in [2.05, 4.69) is 22.2 Å². The van der Waals surface area contributed by atoms with Gasteiger partial charge in [0.2, 0.25) is 0 Å². The summed E-state index contributed by atoms with van der Waals surface area (Å²) in [5.74, 6) is 1.96. The summed E-state index contributed by atoms with van der Waals surface area (Å²) in [6, 6.07) is 3.93. The maximum Gasteiger partial charge on any atom is 0.274 e. The van der Waals surface area contributed by atoms with Gasteiger partial charge in [-0.25, -0.2) is 9.97 Å². The van der Waals surface area contributed by atoms with E-state index in [-0.39, 0.29) is 5.91 Å². The Balaban J connectivity index is 1.74. The van der Waals surface area contributed by atoms with Gasteiger partial charge in [0, 0.05) is 19.6 Å². The van der Waals surface area contributed by atoms with Crippen molar-refractivity contribution in [3.63, 3.8) is 0 Å². The maximum absolute atomic E-state index is 12.8. The molecule has 0 fully saturated rings. The van der Waals surface area contributed by atoms with Gasteiger partial charge in [-0.2, -0.15) is 0 Å². The predicted molar refractivity (Wildman–Crippen MR) is 98.8 cm³/mol. The van der Waals surface area contributed by atoms with Crippen molar-refractivity contribution in [1.82, 2.24) is 14.9 Å². The van der Waals surface area contributed by atoms with Crippen molar-refractivity contribution in [2.75, 3.05) is 32.6 Å². The summed E-state index contributed by atoms with van der Waals surface area (Å²) in [5, 5.41) is 3.15. The molecule has 1 aliphatic heterocycles. The van der Waals surface area contributed by atoms with Gasteiger partial charge < -0.3 is 19.7 Å². The zero-order chi connectivity index (χ0) is 18.5. The average Bonchev–Trinajstić information content (AvgIpc) is 2.70. The number of methoxy groups -OCH3 is 2. The fraction of sp³-hybridized carbons (Fsp3) is 0.421. The minimum Gasteiger partial charge on any atom is -0.493 e. The molecule has 26 heavy (non-hydrogen) atoms.